The van der Waals surface area contributed by atoms with Gasteiger partial charge >= 0.3 is 0 Å². The Bertz CT molecular complexity index is 1210. The van der Waals surface area contributed by atoms with Gasteiger partial charge in [-0.3, -0.25) is 4.79 Å². The average molecular weight is 400 g/mol. The van der Waals surface area contributed by atoms with Crippen LogP contribution in [-0.2, 0) is 19.6 Å². The van der Waals surface area contributed by atoms with Crippen LogP contribution in [0.3, 0.4) is 0 Å². The number of rotatable bonds is 4. The van der Waals surface area contributed by atoms with E-state index in [9.17, 15) is 4.79 Å². The third-order valence-corrected chi connectivity index (χ3v) is 6.38. The van der Waals surface area contributed by atoms with Crippen LogP contribution in [0, 0.1) is 0 Å². The van der Waals surface area contributed by atoms with Crippen molar-refractivity contribution < 1.29 is 4.79 Å². The highest BCUT2D eigenvalue weighted by atomic mass is 32.1. The summed E-state index contributed by atoms with van der Waals surface area (Å²) in [6.07, 6.45) is 0. The van der Waals surface area contributed by atoms with E-state index in [4.69, 9.17) is 5.73 Å². The summed E-state index contributed by atoms with van der Waals surface area (Å²) in [6, 6.07) is 20.4. The van der Waals surface area contributed by atoms with Gasteiger partial charge in [0, 0.05) is 46.5 Å². The zero-order valence-electron chi connectivity index (χ0n) is 15.9. The normalized spacial score (nSPS) is 12.9. The predicted molar refractivity (Wildman–Crippen MR) is 120 cm³/mol. The minimum atomic E-state index is -0.0833. The lowest BCUT2D eigenvalue weighted by atomic mass is 10.0. The zero-order valence-corrected chi connectivity index (χ0v) is 16.7. The lowest BCUT2D eigenvalue weighted by Gasteiger charge is -2.08. The molecule has 5 heteroatoms. The molecule has 4 aromatic rings. The van der Waals surface area contributed by atoms with E-state index in [1.165, 1.54) is 16.7 Å². The van der Waals surface area contributed by atoms with Crippen molar-refractivity contribution in [2.45, 2.75) is 19.6 Å². The third-order valence-electron chi connectivity index (χ3n) is 5.43. The van der Waals surface area contributed by atoms with Crippen molar-refractivity contribution in [2.24, 2.45) is 5.73 Å². The SMILES string of the molecule is NCc1ccc(-c2csc3cc(C(=O)Nc4ccc5c(c4)CNC5)ccc23)cc1. The molecule has 0 saturated carbocycles. The first-order chi connectivity index (χ1) is 14.2. The van der Waals surface area contributed by atoms with Crippen molar-refractivity contribution in [3.8, 4) is 11.1 Å². The van der Waals surface area contributed by atoms with E-state index < -0.39 is 0 Å². The number of hydrogen-bond acceptors (Lipinski definition) is 4. The van der Waals surface area contributed by atoms with Gasteiger partial charge in [-0.25, -0.2) is 0 Å². The Balaban J connectivity index is 1.40. The van der Waals surface area contributed by atoms with Gasteiger partial charge < -0.3 is 16.4 Å². The van der Waals surface area contributed by atoms with Gasteiger partial charge in [0.25, 0.3) is 5.91 Å². The van der Waals surface area contributed by atoms with Crippen molar-refractivity contribution in [1.29, 1.82) is 0 Å². The standard InChI is InChI=1S/C24H21N3OS/c25-11-15-1-3-16(4-2-15)22-14-29-23-10-17(6-8-21(22)23)24(28)27-20-7-5-18-12-26-13-19(18)9-20/h1-10,14,26H,11-13,25H2,(H,27,28). The number of carbonyl (C=O) groups is 1. The van der Waals surface area contributed by atoms with Crippen LogP contribution in [0.1, 0.15) is 27.0 Å². The molecule has 0 atom stereocenters. The smallest absolute Gasteiger partial charge is 0.255 e. The molecule has 144 valence electrons. The lowest BCUT2D eigenvalue weighted by molar-refractivity contribution is 0.102. The summed E-state index contributed by atoms with van der Waals surface area (Å²) < 4.78 is 1.11. The molecule has 0 aliphatic carbocycles. The van der Waals surface area contributed by atoms with Crippen LogP contribution in [0.2, 0.25) is 0 Å². The summed E-state index contributed by atoms with van der Waals surface area (Å²) in [7, 11) is 0. The molecule has 0 radical (unpaired) electrons. The topological polar surface area (TPSA) is 67.2 Å². The molecule has 29 heavy (non-hydrogen) atoms. The van der Waals surface area contributed by atoms with Crippen LogP contribution in [0.15, 0.2) is 66.0 Å². The van der Waals surface area contributed by atoms with Crippen molar-refractivity contribution in [1.82, 2.24) is 5.32 Å². The van der Waals surface area contributed by atoms with Crippen molar-refractivity contribution in [2.75, 3.05) is 5.32 Å². The minimum absolute atomic E-state index is 0.0833. The largest absolute Gasteiger partial charge is 0.326 e. The zero-order chi connectivity index (χ0) is 19.8. The van der Waals surface area contributed by atoms with Gasteiger partial charge in [-0.2, -0.15) is 0 Å². The number of nitrogens with two attached hydrogens (primary N) is 1. The van der Waals surface area contributed by atoms with E-state index in [2.05, 4.69) is 52.4 Å². The third kappa shape index (κ3) is 3.44. The van der Waals surface area contributed by atoms with Crippen molar-refractivity contribution in [3.63, 3.8) is 0 Å². The number of thiophene rings is 1. The predicted octanol–water partition coefficient (Wildman–Crippen LogP) is 4.88. The van der Waals surface area contributed by atoms with E-state index >= 15 is 0 Å². The molecule has 2 heterocycles. The van der Waals surface area contributed by atoms with Crippen LogP contribution < -0.4 is 16.4 Å². The molecule has 3 aromatic carbocycles. The van der Waals surface area contributed by atoms with Crippen LogP contribution in [0.5, 0.6) is 0 Å². The maximum absolute atomic E-state index is 12.8. The van der Waals surface area contributed by atoms with Crippen LogP contribution in [-0.4, -0.2) is 5.91 Å². The second-order valence-electron chi connectivity index (χ2n) is 7.30. The molecule has 0 saturated heterocycles. The number of hydrogen-bond donors (Lipinski definition) is 3. The van der Waals surface area contributed by atoms with Gasteiger partial charge in [0.05, 0.1) is 0 Å². The second-order valence-corrected chi connectivity index (χ2v) is 8.21. The van der Waals surface area contributed by atoms with Crippen LogP contribution in [0.25, 0.3) is 21.2 Å². The molecule has 5 rings (SSSR count). The van der Waals surface area contributed by atoms with Crippen LogP contribution in [0.4, 0.5) is 5.69 Å². The first kappa shape index (κ1) is 18.1. The fourth-order valence-corrected chi connectivity index (χ4v) is 4.80. The van der Waals surface area contributed by atoms with Crippen LogP contribution >= 0.6 is 11.3 Å². The molecular weight excluding hydrogens is 378 g/mol. The van der Waals surface area contributed by atoms with Crippen molar-refractivity contribution >= 4 is 33.0 Å². The van der Waals surface area contributed by atoms with E-state index in [1.807, 2.05) is 24.3 Å². The van der Waals surface area contributed by atoms with Crippen molar-refractivity contribution in [3.05, 3.63) is 88.3 Å². The molecule has 0 unspecified atom stereocenters. The Hall–Kier alpha value is -2.99. The van der Waals surface area contributed by atoms with E-state index in [0.717, 1.165) is 40.0 Å². The monoisotopic (exact) mass is 399 g/mol. The molecule has 0 bridgehead atoms. The first-order valence-electron chi connectivity index (χ1n) is 9.66. The molecule has 1 aliphatic heterocycles. The Labute approximate surface area is 173 Å². The second kappa shape index (κ2) is 7.44. The molecule has 4 N–H and O–H groups in total. The molecule has 1 aromatic heterocycles. The Morgan fingerprint density at radius 3 is 2.66 bits per heavy atom. The Morgan fingerprint density at radius 2 is 1.83 bits per heavy atom. The van der Waals surface area contributed by atoms with E-state index in [0.29, 0.717) is 12.1 Å². The molecule has 0 spiro atoms. The molecule has 1 amide bonds. The summed E-state index contributed by atoms with van der Waals surface area (Å²) in [6.45, 7) is 2.30. The van der Waals surface area contributed by atoms with Gasteiger partial charge in [0.2, 0.25) is 0 Å². The summed E-state index contributed by atoms with van der Waals surface area (Å²) >= 11 is 1.66. The number of nitrogens with one attached hydrogen (secondary N) is 2. The minimum Gasteiger partial charge on any atom is -0.326 e. The van der Waals surface area contributed by atoms with Gasteiger partial charge in [0.15, 0.2) is 0 Å². The highest BCUT2D eigenvalue weighted by molar-refractivity contribution is 7.17. The Kier molecular flexibility index (Phi) is 4.64. The summed E-state index contributed by atoms with van der Waals surface area (Å²) in [5, 5.41) is 9.67. The number of amides is 1. The van der Waals surface area contributed by atoms with Gasteiger partial charge in [-0.1, -0.05) is 36.4 Å². The maximum Gasteiger partial charge on any atom is 0.255 e. The van der Waals surface area contributed by atoms with E-state index in [-0.39, 0.29) is 5.91 Å². The van der Waals surface area contributed by atoms with Gasteiger partial charge in [-0.05, 0) is 51.9 Å². The fourth-order valence-electron chi connectivity index (χ4n) is 3.79. The van der Waals surface area contributed by atoms with E-state index in [1.54, 1.807) is 11.3 Å². The quantitative estimate of drug-likeness (QED) is 0.458. The fraction of sp³-hybridized carbons (Fsp3) is 0.125. The average Bonchev–Trinajstić information content (AvgIpc) is 3.39. The Morgan fingerprint density at radius 1 is 1.00 bits per heavy atom. The summed E-state index contributed by atoms with van der Waals surface area (Å²) in [4.78, 5) is 12.8. The maximum atomic E-state index is 12.8. The number of fused-ring (bicyclic) bond motifs is 2. The first-order valence-corrected chi connectivity index (χ1v) is 10.5. The number of carbonyl (C=O) groups excluding carboxylic acids is 1. The molecule has 4 nitrogen and oxygen atoms in total. The lowest BCUT2D eigenvalue weighted by Crippen LogP contribution is -2.11. The van der Waals surface area contributed by atoms with Gasteiger partial charge in [0.1, 0.15) is 0 Å². The molecular formula is C24H21N3OS. The number of anilines is 1. The molecule has 0 fully saturated rings. The highest BCUT2D eigenvalue weighted by Gasteiger charge is 2.14. The number of benzene rings is 3. The summed E-state index contributed by atoms with van der Waals surface area (Å²) in [5.41, 5.74) is 13.2. The summed E-state index contributed by atoms with van der Waals surface area (Å²) in [5.74, 6) is -0.0833. The highest BCUT2D eigenvalue weighted by Crippen LogP contribution is 2.34. The molecule has 1 aliphatic rings. The van der Waals surface area contributed by atoms with Gasteiger partial charge in [-0.15, -0.1) is 11.3 Å².